The van der Waals surface area contributed by atoms with Crippen molar-refractivity contribution in [2.75, 3.05) is 39.6 Å². The number of allylic oxidation sites excluding steroid dienone is 4. The van der Waals surface area contributed by atoms with E-state index in [1.54, 1.807) is 0 Å². The van der Waals surface area contributed by atoms with E-state index in [2.05, 4.69) is 72.8 Å². The van der Waals surface area contributed by atoms with Gasteiger partial charge < -0.3 is 33.8 Å². The number of carbonyl (C=O) groups excluding carboxylic acids is 4. The minimum Gasteiger partial charge on any atom is -0.462 e. The molecule has 560 valence electrons. The van der Waals surface area contributed by atoms with Gasteiger partial charge in [0.15, 0.2) is 12.2 Å². The second-order valence-electron chi connectivity index (χ2n) is 27.9. The Kier molecular flexibility index (Phi) is 64.4. The first kappa shape index (κ1) is 92.5. The zero-order valence-electron chi connectivity index (χ0n) is 61.6. The van der Waals surface area contributed by atoms with E-state index in [1.807, 2.05) is 0 Å². The third-order valence-electron chi connectivity index (χ3n) is 17.4. The van der Waals surface area contributed by atoms with Gasteiger partial charge in [-0.3, -0.25) is 37.3 Å². The highest BCUT2D eigenvalue weighted by atomic mass is 31.2. The van der Waals surface area contributed by atoms with Gasteiger partial charge in [0, 0.05) is 25.7 Å². The molecule has 0 aromatic rings. The fraction of sp³-hybridized carbons (Fsp3) is 0.895. The van der Waals surface area contributed by atoms with Crippen LogP contribution in [0.25, 0.3) is 0 Å². The average Bonchev–Trinajstić information content (AvgIpc) is 2.89. The summed E-state index contributed by atoms with van der Waals surface area (Å²) in [5.74, 6) is 0.0600. The molecule has 0 aromatic carbocycles. The summed E-state index contributed by atoms with van der Waals surface area (Å²) in [4.78, 5) is 72.7. The lowest BCUT2D eigenvalue weighted by Gasteiger charge is -2.21. The second kappa shape index (κ2) is 66.1. The maximum atomic E-state index is 13.1. The standard InChI is InChI=1S/C76H144O17P2/c1-8-10-11-12-13-14-15-16-21-25-28-31-34-43-50-57-73(78)86-63-71(92-75(80)59-52-45-35-32-29-26-23-20-18-17-19-22-24-27-30-33-40-47-54-67(3)4)65-90-94(82,83)88-61-70(77)62-89-95(84,85)91-66-72(93-76(81)60-53-46-38-36-41-48-55-68(5)6)64-87-74(79)58-51-44-39-37-42-49-56-69(7)9-2/h14-16,21,67-72,77H,8-13,17-20,22-66H2,1-7H3,(H,82,83)(H,84,85)/b15-14-,21-16-/t69?,70-,71-,72-/m1/s1. The molecule has 0 aliphatic heterocycles. The number of phosphoric ester groups is 2. The minimum absolute atomic E-state index is 0.0988. The van der Waals surface area contributed by atoms with Crippen LogP contribution in [0.3, 0.4) is 0 Å². The van der Waals surface area contributed by atoms with E-state index in [-0.39, 0.29) is 25.7 Å². The lowest BCUT2D eigenvalue weighted by Crippen LogP contribution is -2.30. The number of rotatable bonds is 72. The van der Waals surface area contributed by atoms with Gasteiger partial charge in [-0.2, -0.15) is 0 Å². The van der Waals surface area contributed by atoms with Crippen LogP contribution in [0, 0.1) is 17.8 Å². The van der Waals surface area contributed by atoms with Crippen molar-refractivity contribution >= 4 is 39.5 Å². The summed E-state index contributed by atoms with van der Waals surface area (Å²) in [6.07, 6.45) is 55.3. The Bertz CT molecular complexity index is 1950. The molecular formula is C76H144O17P2. The quantitative estimate of drug-likeness (QED) is 0.0169. The van der Waals surface area contributed by atoms with E-state index in [4.69, 9.17) is 37.0 Å². The summed E-state index contributed by atoms with van der Waals surface area (Å²) in [6, 6.07) is 0. The van der Waals surface area contributed by atoms with Crippen molar-refractivity contribution in [3.63, 3.8) is 0 Å². The summed E-state index contributed by atoms with van der Waals surface area (Å²) >= 11 is 0. The SMILES string of the molecule is CCCCCC/C=C\C=C/CCCCCCCC(=O)OC[C@H](COP(=O)(O)OC[C@@H](O)COP(=O)(O)OC[C@@H](COC(=O)CCCCCCCCC(C)CC)OC(=O)CCCCCCCCC(C)C)OC(=O)CCCCCCCCCCCCCCCCCCCCC(C)C. The summed E-state index contributed by atoms with van der Waals surface area (Å²) in [5.41, 5.74) is 0. The van der Waals surface area contributed by atoms with Crippen LogP contribution in [0.2, 0.25) is 0 Å². The second-order valence-corrected chi connectivity index (χ2v) is 30.8. The molecule has 0 heterocycles. The predicted molar refractivity (Wildman–Crippen MR) is 386 cm³/mol. The molecule has 0 saturated heterocycles. The number of aliphatic hydroxyl groups excluding tert-OH is 1. The van der Waals surface area contributed by atoms with Crippen molar-refractivity contribution in [1.82, 2.24) is 0 Å². The van der Waals surface area contributed by atoms with Gasteiger partial charge in [0.1, 0.15) is 19.3 Å². The lowest BCUT2D eigenvalue weighted by molar-refractivity contribution is -0.161. The number of ether oxygens (including phenoxy) is 4. The van der Waals surface area contributed by atoms with E-state index in [1.165, 1.54) is 148 Å². The smallest absolute Gasteiger partial charge is 0.462 e. The van der Waals surface area contributed by atoms with E-state index < -0.39 is 97.5 Å². The van der Waals surface area contributed by atoms with E-state index >= 15 is 0 Å². The van der Waals surface area contributed by atoms with Crippen LogP contribution in [0.4, 0.5) is 0 Å². The maximum Gasteiger partial charge on any atom is 0.472 e. The minimum atomic E-state index is -4.96. The topological polar surface area (TPSA) is 237 Å². The van der Waals surface area contributed by atoms with Crippen LogP contribution in [0.5, 0.6) is 0 Å². The highest BCUT2D eigenvalue weighted by Gasteiger charge is 2.30. The van der Waals surface area contributed by atoms with Crippen molar-refractivity contribution < 1.29 is 80.2 Å². The molecule has 19 heteroatoms. The van der Waals surface area contributed by atoms with Gasteiger partial charge in [-0.05, 0) is 69.1 Å². The molecule has 3 unspecified atom stereocenters. The highest BCUT2D eigenvalue weighted by molar-refractivity contribution is 7.47. The third-order valence-corrected chi connectivity index (χ3v) is 19.3. The number of phosphoric acid groups is 2. The molecule has 0 spiro atoms. The first-order valence-corrected chi connectivity index (χ1v) is 41.7. The lowest BCUT2D eigenvalue weighted by atomic mass is 10.00. The van der Waals surface area contributed by atoms with Gasteiger partial charge in [-0.25, -0.2) is 9.13 Å². The van der Waals surface area contributed by atoms with Crippen LogP contribution >= 0.6 is 15.6 Å². The zero-order valence-corrected chi connectivity index (χ0v) is 63.4. The summed E-state index contributed by atoms with van der Waals surface area (Å²) < 4.78 is 68.4. The van der Waals surface area contributed by atoms with Gasteiger partial charge in [0.05, 0.1) is 26.4 Å². The molecule has 17 nitrogen and oxygen atoms in total. The van der Waals surface area contributed by atoms with Gasteiger partial charge in [-0.1, -0.05) is 310 Å². The molecule has 0 rings (SSSR count). The highest BCUT2D eigenvalue weighted by Crippen LogP contribution is 2.45. The van der Waals surface area contributed by atoms with Crippen LogP contribution < -0.4 is 0 Å². The number of carbonyl (C=O) groups is 4. The molecule has 6 atom stereocenters. The van der Waals surface area contributed by atoms with Crippen molar-refractivity contribution in [3.05, 3.63) is 24.3 Å². The first-order valence-electron chi connectivity index (χ1n) is 38.7. The zero-order chi connectivity index (χ0) is 70.1. The fourth-order valence-electron chi connectivity index (χ4n) is 11.0. The number of unbranched alkanes of at least 4 members (excludes halogenated alkanes) is 36. The molecule has 0 bridgehead atoms. The first-order chi connectivity index (χ1) is 45.8. The Morgan fingerprint density at radius 1 is 0.347 bits per heavy atom. The fourth-order valence-corrected chi connectivity index (χ4v) is 12.6. The molecule has 0 saturated carbocycles. The Hall–Kier alpha value is -2.46. The van der Waals surface area contributed by atoms with E-state index in [0.717, 1.165) is 127 Å². The molecule has 0 aliphatic rings. The van der Waals surface area contributed by atoms with Crippen LogP contribution in [0.15, 0.2) is 24.3 Å². The third kappa shape index (κ3) is 68.5. The van der Waals surface area contributed by atoms with Crippen molar-refractivity contribution in [3.8, 4) is 0 Å². The van der Waals surface area contributed by atoms with Crippen molar-refractivity contribution in [1.29, 1.82) is 0 Å². The molecule has 3 N–H and O–H groups in total. The Balaban J connectivity index is 5.22. The molecular weight excluding hydrogens is 1250 g/mol. The average molecular weight is 1390 g/mol. The predicted octanol–water partition coefficient (Wildman–Crippen LogP) is 21.7. The number of esters is 4. The Labute approximate surface area is 580 Å². The molecule has 95 heavy (non-hydrogen) atoms. The summed E-state index contributed by atoms with van der Waals surface area (Å²) in [6.45, 7) is 11.7. The Morgan fingerprint density at radius 3 is 0.937 bits per heavy atom. The van der Waals surface area contributed by atoms with Crippen LogP contribution in [0.1, 0.15) is 363 Å². The molecule has 0 amide bonds. The van der Waals surface area contributed by atoms with E-state index in [0.29, 0.717) is 31.6 Å². The van der Waals surface area contributed by atoms with Crippen molar-refractivity contribution in [2.45, 2.75) is 381 Å². The monoisotopic (exact) mass is 1390 g/mol. The van der Waals surface area contributed by atoms with Crippen molar-refractivity contribution in [2.24, 2.45) is 17.8 Å². The van der Waals surface area contributed by atoms with E-state index in [9.17, 15) is 43.2 Å². The number of hydrogen-bond acceptors (Lipinski definition) is 15. The van der Waals surface area contributed by atoms with Crippen LogP contribution in [-0.2, 0) is 65.4 Å². The summed E-state index contributed by atoms with van der Waals surface area (Å²) in [7, 11) is -9.92. The summed E-state index contributed by atoms with van der Waals surface area (Å²) in [5, 5.41) is 10.6. The van der Waals surface area contributed by atoms with Gasteiger partial charge in [0.25, 0.3) is 0 Å². The normalized spacial score (nSPS) is 14.5. The van der Waals surface area contributed by atoms with Gasteiger partial charge in [0.2, 0.25) is 0 Å². The van der Waals surface area contributed by atoms with Crippen LogP contribution in [-0.4, -0.2) is 96.7 Å². The molecule has 0 aliphatic carbocycles. The Morgan fingerprint density at radius 2 is 0.621 bits per heavy atom. The maximum absolute atomic E-state index is 13.1. The molecule has 0 aromatic heterocycles. The largest absolute Gasteiger partial charge is 0.472 e. The molecule has 0 radical (unpaired) electrons. The molecule has 0 fully saturated rings. The van der Waals surface area contributed by atoms with Gasteiger partial charge in [-0.15, -0.1) is 0 Å². The van der Waals surface area contributed by atoms with Gasteiger partial charge >= 0.3 is 39.5 Å². The number of aliphatic hydroxyl groups is 1. The number of hydrogen-bond donors (Lipinski definition) is 3.